The number of ether oxygens (including phenoxy) is 1. The number of rotatable bonds is 3. The van der Waals surface area contributed by atoms with E-state index in [1.165, 1.54) is 25.3 Å². The molecule has 0 aliphatic rings. The Morgan fingerprint density at radius 2 is 2.06 bits per heavy atom. The summed E-state index contributed by atoms with van der Waals surface area (Å²) in [6.45, 7) is 5.04. The fraction of sp³-hybridized carbons (Fsp3) is 0.167. The second-order valence-electron chi connectivity index (χ2n) is 3.46. The van der Waals surface area contributed by atoms with E-state index in [0.717, 1.165) is 0 Å². The highest BCUT2D eigenvalue weighted by molar-refractivity contribution is 6.07. The van der Waals surface area contributed by atoms with Crippen molar-refractivity contribution >= 4 is 17.6 Å². The summed E-state index contributed by atoms with van der Waals surface area (Å²) in [4.78, 5) is 22.9. The van der Waals surface area contributed by atoms with Gasteiger partial charge in [0, 0.05) is 5.57 Å². The molecule has 2 N–H and O–H groups in total. The van der Waals surface area contributed by atoms with Crippen LogP contribution in [-0.4, -0.2) is 24.1 Å². The van der Waals surface area contributed by atoms with Crippen LogP contribution in [0.2, 0.25) is 0 Å². The molecule has 0 aliphatic heterocycles. The predicted octanol–water partition coefficient (Wildman–Crippen LogP) is 1.69. The molecule has 1 aromatic rings. The Kier molecular flexibility index (Phi) is 3.87. The van der Waals surface area contributed by atoms with E-state index in [0.29, 0.717) is 5.57 Å². The van der Waals surface area contributed by atoms with Crippen LogP contribution in [0.4, 0.5) is 5.69 Å². The zero-order chi connectivity index (χ0) is 13.0. The maximum atomic E-state index is 11.4. The highest BCUT2D eigenvalue weighted by Crippen LogP contribution is 2.22. The van der Waals surface area contributed by atoms with Crippen LogP contribution in [0.15, 0.2) is 30.4 Å². The number of hydrogen-bond donors (Lipinski definition) is 2. The molecule has 1 amide bonds. The Labute approximate surface area is 98.7 Å². The lowest BCUT2D eigenvalue weighted by atomic mass is 10.1. The molecule has 5 nitrogen and oxygen atoms in total. The number of hydrogen-bond acceptors (Lipinski definition) is 4. The Bertz CT molecular complexity index is 479. The number of anilines is 1. The third kappa shape index (κ3) is 3.07. The van der Waals surface area contributed by atoms with Crippen molar-refractivity contribution in [2.45, 2.75) is 6.92 Å². The van der Waals surface area contributed by atoms with Crippen LogP contribution in [0.1, 0.15) is 17.3 Å². The van der Waals surface area contributed by atoms with Crippen molar-refractivity contribution in [3.05, 3.63) is 35.9 Å². The second-order valence-corrected chi connectivity index (χ2v) is 3.46. The molecule has 0 saturated carbocycles. The minimum Gasteiger partial charge on any atom is -0.508 e. The average molecular weight is 235 g/mol. The summed E-state index contributed by atoms with van der Waals surface area (Å²) in [6, 6.07) is 4.00. The van der Waals surface area contributed by atoms with E-state index in [4.69, 9.17) is 0 Å². The summed E-state index contributed by atoms with van der Waals surface area (Å²) < 4.78 is 4.55. The summed E-state index contributed by atoms with van der Waals surface area (Å²) in [5, 5.41) is 11.8. The monoisotopic (exact) mass is 235 g/mol. The number of carbonyl (C=O) groups excluding carboxylic acids is 2. The van der Waals surface area contributed by atoms with Gasteiger partial charge in [-0.25, -0.2) is 4.79 Å². The molecule has 1 rings (SSSR count). The van der Waals surface area contributed by atoms with Gasteiger partial charge in [-0.15, -0.1) is 0 Å². The quantitative estimate of drug-likeness (QED) is 0.475. The topological polar surface area (TPSA) is 75.6 Å². The number of esters is 1. The van der Waals surface area contributed by atoms with Crippen molar-refractivity contribution in [2.75, 3.05) is 12.4 Å². The Balaban J connectivity index is 3.10. The maximum absolute atomic E-state index is 11.4. The molecule has 5 heteroatoms. The van der Waals surface area contributed by atoms with Crippen molar-refractivity contribution in [1.82, 2.24) is 0 Å². The molecule has 17 heavy (non-hydrogen) atoms. The summed E-state index contributed by atoms with van der Waals surface area (Å²) in [6.07, 6.45) is 0. The minimum absolute atomic E-state index is 0.0845. The van der Waals surface area contributed by atoms with E-state index < -0.39 is 11.9 Å². The van der Waals surface area contributed by atoms with Gasteiger partial charge in [-0.3, -0.25) is 4.79 Å². The fourth-order valence-corrected chi connectivity index (χ4v) is 1.15. The molecule has 0 radical (unpaired) electrons. The zero-order valence-electron chi connectivity index (χ0n) is 9.61. The molecule has 90 valence electrons. The van der Waals surface area contributed by atoms with E-state index in [2.05, 4.69) is 16.6 Å². The van der Waals surface area contributed by atoms with Gasteiger partial charge in [0.25, 0.3) is 5.91 Å². The largest absolute Gasteiger partial charge is 0.508 e. The van der Waals surface area contributed by atoms with E-state index in [1.807, 2.05) is 0 Å². The molecule has 0 unspecified atom stereocenters. The highest BCUT2D eigenvalue weighted by Gasteiger charge is 2.14. The molecule has 1 aromatic carbocycles. The Hall–Kier alpha value is -2.30. The summed E-state index contributed by atoms with van der Waals surface area (Å²) >= 11 is 0. The molecule has 0 aliphatic carbocycles. The Morgan fingerprint density at radius 1 is 1.41 bits per heavy atom. The van der Waals surface area contributed by atoms with E-state index in [9.17, 15) is 14.7 Å². The third-order valence-electron chi connectivity index (χ3n) is 2.04. The predicted molar refractivity (Wildman–Crippen MR) is 62.9 cm³/mol. The number of aromatic hydroxyl groups is 1. The number of nitrogens with one attached hydrogen (secondary N) is 1. The van der Waals surface area contributed by atoms with Gasteiger partial charge in [0.15, 0.2) is 0 Å². The molecule has 0 bridgehead atoms. The van der Waals surface area contributed by atoms with Gasteiger partial charge in [-0.05, 0) is 25.1 Å². The van der Waals surface area contributed by atoms with Crippen molar-refractivity contribution in [2.24, 2.45) is 0 Å². The van der Waals surface area contributed by atoms with Gasteiger partial charge in [0.1, 0.15) is 5.75 Å². The van der Waals surface area contributed by atoms with Crippen LogP contribution in [0.5, 0.6) is 5.75 Å². The molecule has 0 heterocycles. The lowest BCUT2D eigenvalue weighted by Crippen LogP contribution is -2.15. The van der Waals surface area contributed by atoms with E-state index in [-0.39, 0.29) is 17.0 Å². The molecular weight excluding hydrogens is 222 g/mol. The second kappa shape index (κ2) is 5.16. The number of phenols is 1. The van der Waals surface area contributed by atoms with Crippen molar-refractivity contribution in [3.8, 4) is 5.75 Å². The van der Waals surface area contributed by atoms with Crippen LogP contribution in [0, 0.1) is 0 Å². The van der Waals surface area contributed by atoms with Crippen molar-refractivity contribution in [1.29, 1.82) is 0 Å². The van der Waals surface area contributed by atoms with Crippen molar-refractivity contribution in [3.63, 3.8) is 0 Å². The third-order valence-corrected chi connectivity index (χ3v) is 2.04. The van der Waals surface area contributed by atoms with E-state index in [1.54, 1.807) is 6.92 Å². The van der Waals surface area contributed by atoms with Crippen LogP contribution in [-0.2, 0) is 9.53 Å². The lowest BCUT2D eigenvalue weighted by Gasteiger charge is -2.09. The molecule has 0 aromatic heterocycles. The van der Waals surface area contributed by atoms with Gasteiger partial charge in [0.05, 0.1) is 18.4 Å². The van der Waals surface area contributed by atoms with Gasteiger partial charge < -0.3 is 15.2 Å². The number of methoxy groups -OCH3 is 1. The fourth-order valence-electron chi connectivity index (χ4n) is 1.15. The molecule has 0 fully saturated rings. The van der Waals surface area contributed by atoms with Crippen molar-refractivity contribution < 1.29 is 19.4 Å². The normalized spacial score (nSPS) is 9.53. The molecular formula is C12H13NO4. The van der Waals surface area contributed by atoms with Gasteiger partial charge >= 0.3 is 5.97 Å². The average Bonchev–Trinajstić information content (AvgIpc) is 2.30. The smallest absolute Gasteiger partial charge is 0.340 e. The number of phenolic OH excluding ortho intramolecular Hbond substituents is 1. The first-order valence-electron chi connectivity index (χ1n) is 4.84. The number of amides is 1. The van der Waals surface area contributed by atoms with Crippen LogP contribution >= 0.6 is 0 Å². The van der Waals surface area contributed by atoms with Gasteiger partial charge in [0.2, 0.25) is 0 Å². The molecule has 0 saturated heterocycles. The molecule has 0 spiro atoms. The van der Waals surface area contributed by atoms with Crippen LogP contribution in [0.25, 0.3) is 0 Å². The highest BCUT2D eigenvalue weighted by atomic mass is 16.5. The minimum atomic E-state index is -0.641. The zero-order valence-corrected chi connectivity index (χ0v) is 9.61. The Morgan fingerprint density at radius 3 is 2.59 bits per heavy atom. The first-order valence-corrected chi connectivity index (χ1v) is 4.84. The molecule has 0 atom stereocenters. The summed E-state index contributed by atoms with van der Waals surface area (Å²) in [5.41, 5.74) is 0.665. The number of carbonyl (C=O) groups is 2. The first-order chi connectivity index (χ1) is 7.95. The SMILES string of the molecule is C=C(C)C(=O)Nc1ccc(O)cc1C(=O)OC. The van der Waals surface area contributed by atoms with Crippen LogP contribution < -0.4 is 5.32 Å². The standard InChI is InChI=1S/C12H13NO4/c1-7(2)11(15)13-10-5-4-8(14)6-9(10)12(16)17-3/h4-6,14H,1H2,2-3H3,(H,13,15). The first kappa shape index (κ1) is 12.8. The summed E-state index contributed by atoms with van der Waals surface area (Å²) in [5.74, 6) is -1.13. The van der Waals surface area contributed by atoms with E-state index >= 15 is 0 Å². The maximum Gasteiger partial charge on any atom is 0.340 e. The summed E-state index contributed by atoms with van der Waals surface area (Å²) in [7, 11) is 1.22. The van der Waals surface area contributed by atoms with Gasteiger partial charge in [-0.1, -0.05) is 6.58 Å². The van der Waals surface area contributed by atoms with Gasteiger partial charge in [-0.2, -0.15) is 0 Å². The van der Waals surface area contributed by atoms with Crippen LogP contribution in [0.3, 0.4) is 0 Å². The lowest BCUT2D eigenvalue weighted by molar-refractivity contribution is -0.112. The number of benzene rings is 1.